The summed E-state index contributed by atoms with van der Waals surface area (Å²) >= 11 is 7.87. The molecule has 0 bridgehead atoms. The number of hydrogen-bond acceptors (Lipinski definition) is 7. The zero-order valence-electron chi connectivity index (χ0n) is 17.9. The van der Waals surface area contributed by atoms with E-state index in [2.05, 4.69) is 25.6 Å². The number of anilines is 1. The first-order valence-corrected chi connectivity index (χ1v) is 11.7. The second-order valence-corrected chi connectivity index (χ2v) is 9.72. The van der Waals surface area contributed by atoms with Crippen LogP contribution in [0.5, 0.6) is 5.75 Å². The zero-order chi connectivity index (χ0) is 22.4. The summed E-state index contributed by atoms with van der Waals surface area (Å²) in [7, 11) is 0. The van der Waals surface area contributed by atoms with E-state index in [9.17, 15) is 4.79 Å². The highest BCUT2D eigenvalue weighted by Gasteiger charge is 2.28. The van der Waals surface area contributed by atoms with Gasteiger partial charge in [0, 0.05) is 22.9 Å². The fourth-order valence-corrected chi connectivity index (χ4v) is 4.74. The predicted molar refractivity (Wildman–Crippen MR) is 126 cm³/mol. The summed E-state index contributed by atoms with van der Waals surface area (Å²) < 4.78 is 7.58. The molecule has 1 fully saturated rings. The molecule has 1 atom stereocenters. The van der Waals surface area contributed by atoms with Crippen LogP contribution in [0.2, 0.25) is 5.02 Å². The predicted octanol–water partition coefficient (Wildman–Crippen LogP) is 5.06. The maximum absolute atomic E-state index is 12.8. The van der Waals surface area contributed by atoms with Gasteiger partial charge in [-0.1, -0.05) is 28.2 Å². The van der Waals surface area contributed by atoms with Crippen molar-refractivity contribution in [3.8, 4) is 10.8 Å². The summed E-state index contributed by atoms with van der Waals surface area (Å²) in [6, 6.07) is 5.18. The average molecular weight is 471 g/mol. The molecule has 3 heterocycles. The average Bonchev–Trinajstić information content (AvgIpc) is 3.28. The van der Waals surface area contributed by atoms with Gasteiger partial charge in [-0.2, -0.15) is 0 Å². The molecular formula is C22H23ClN6O2S. The van der Waals surface area contributed by atoms with Crippen molar-refractivity contribution in [2.75, 3.05) is 5.32 Å². The molecule has 1 aromatic carbocycles. The molecule has 8 nitrogen and oxygen atoms in total. The topological polar surface area (TPSA) is 97.7 Å². The third kappa shape index (κ3) is 4.10. The van der Waals surface area contributed by atoms with Crippen molar-refractivity contribution in [2.24, 2.45) is 0 Å². The molecule has 1 aliphatic carbocycles. The quantitative estimate of drug-likeness (QED) is 0.392. The van der Waals surface area contributed by atoms with Crippen LogP contribution in [-0.4, -0.2) is 31.1 Å². The maximum Gasteiger partial charge on any atom is 0.253 e. The van der Waals surface area contributed by atoms with Gasteiger partial charge in [0.1, 0.15) is 10.8 Å². The minimum atomic E-state index is -0.258. The minimum Gasteiger partial charge on any atom is -0.489 e. The van der Waals surface area contributed by atoms with Gasteiger partial charge in [0.05, 0.1) is 40.8 Å². The van der Waals surface area contributed by atoms with Crippen LogP contribution >= 0.6 is 22.9 Å². The van der Waals surface area contributed by atoms with Crippen LogP contribution in [0.1, 0.15) is 56.8 Å². The van der Waals surface area contributed by atoms with Crippen molar-refractivity contribution in [3.05, 3.63) is 57.2 Å². The summed E-state index contributed by atoms with van der Waals surface area (Å²) in [5, 5.41) is 14.6. The number of hydrogen-bond donors (Lipinski definition) is 2. The lowest BCUT2D eigenvalue weighted by Gasteiger charge is -2.15. The molecule has 5 rings (SSSR count). The lowest BCUT2D eigenvalue weighted by atomic mass is 10.1. The highest BCUT2D eigenvalue weighted by Crippen LogP contribution is 2.41. The molecule has 166 valence electrons. The van der Waals surface area contributed by atoms with Gasteiger partial charge < -0.3 is 15.0 Å². The van der Waals surface area contributed by atoms with E-state index in [4.69, 9.17) is 16.3 Å². The number of halogens is 1. The number of fused-ring (bicyclic) bond motifs is 1. The molecule has 0 aliphatic heterocycles. The Balaban J connectivity index is 1.39. The van der Waals surface area contributed by atoms with Gasteiger partial charge >= 0.3 is 0 Å². The number of ether oxygens (including phenoxy) is 1. The third-order valence-electron chi connectivity index (χ3n) is 5.37. The van der Waals surface area contributed by atoms with Crippen LogP contribution < -0.4 is 15.6 Å². The largest absolute Gasteiger partial charge is 0.489 e. The van der Waals surface area contributed by atoms with Crippen LogP contribution in [0.15, 0.2) is 35.4 Å². The number of nitrogens with zero attached hydrogens (tertiary/aromatic N) is 4. The molecule has 32 heavy (non-hydrogen) atoms. The molecule has 0 amide bonds. The fraction of sp³-hybridized carbons (Fsp3) is 0.364. The minimum absolute atomic E-state index is 0.0127. The lowest BCUT2D eigenvalue weighted by Crippen LogP contribution is -2.19. The Labute approximate surface area is 193 Å². The molecule has 10 heteroatoms. The van der Waals surface area contributed by atoms with E-state index in [-0.39, 0.29) is 17.7 Å². The number of pyridine rings is 1. The van der Waals surface area contributed by atoms with E-state index in [1.807, 2.05) is 43.8 Å². The summed E-state index contributed by atoms with van der Waals surface area (Å²) in [5.74, 6) is 1.09. The van der Waals surface area contributed by atoms with Crippen molar-refractivity contribution < 1.29 is 4.74 Å². The molecule has 0 saturated heterocycles. The summed E-state index contributed by atoms with van der Waals surface area (Å²) in [5.41, 5.74) is 2.24. The van der Waals surface area contributed by atoms with E-state index in [1.165, 1.54) is 24.2 Å². The van der Waals surface area contributed by atoms with E-state index in [1.54, 1.807) is 12.3 Å². The second-order valence-electron chi connectivity index (χ2n) is 8.30. The van der Waals surface area contributed by atoms with Gasteiger partial charge in [0.25, 0.3) is 5.56 Å². The van der Waals surface area contributed by atoms with Crippen molar-refractivity contribution in [1.82, 2.24) is 25.0 Å². The first kappa shape index (κ1) is 21.0. The maximum atomic E-state index is 12.8. The van der Waals surface area contributed by atoms with E-state index >= 15 is 0 Å². The van der Waals surface area contributed by atoms with Gasteiger partial charge in [0.2, 0.25) is 0 Å². The van der Waals surface area contributed by atoms with Gasteiger partial charge in [-0.25, -0.2) is 9.67 Å². The Kier molecular flexibility index (Phi) is 5.38. The Morgan fingerprint density at radius 2 is 2.06 bits per heavy atom. The van der Waals surface area contributed by atoms with E-state index < -0.39 is 0 Å². The van der Waals surface area contributed by atoms with Crippen LogP contribution in [-0.2, 0) is 0 Å². The molecular weight excluding hydrogens is 448 g/mol. The van der Waals surface area contributed by atoms with Crippen LogP contribution in [0, 0.1) is 0 Å². The van der Waals surface area contributed by atoms with Crippen molar-refractivity contribution in [2.45, 2.75) is 51.7 Å². The van der Waals surface area contributed by atoms with Crippen molar-refractivity contribution in [3.63, 3.8) is 0 Å². The fourth-order valence-electron chi connectivity index (χ4n) is 3.65. The number of aromatic amines is 1. The monoisotopic (exact) mass is 470 g/mol. The number of aromatic nitrogens is 5. The Morgan fingerprint density at radius 1 is 1.25 bits per heavy atom. The standard InChI is InChI=1S/C22H23ClN6O2S/c1-11(2)31-19-8-17-14(7-16(19)23)6-15(21(30)27-17)12(3)26-22-24-10-20(32-22)29-18(9-25-28-29)13-4-5-13/h6-13H,4-5H2,1-3H3,(H,24,26)(H,27,30)/t12-/m0/s1. The first-order valence-electron chi connectivity index (χ1n) is 10.6. The molecule has 1 aliphatic rings. The van der Waals surface area contributed by atoms with Gasteiger partial charge in [-0.3, -0.25) is 4.79 Å². The lowest BCUT2D eigenvalue weighted by molar-refractivity contribution is 0.243. The van der Waals surface area contributed by atoms with E-state index in [0.717, 1.165) is 16.1 Å². The highest BCUT2D eigenvalue weighted by atomic mass is 35.5. The molecule has 0 radical (unpaired) electrons. The smallest absolute Gasteiger partial charge is 0.253 e. The Bertz CT molecular complexity index is 1340. The summed E-state index contributed by atoms with van der Waals surface area (Å²) in [4.78, 5) is 20.2. The number of thiazole rings is 1. The zero-order valence-corrected chi connectivity index (χ0v) is 19.5. The van der Waals surface area contributed by atoms with Gasteiger partial charge in [-0.15, -0.1) is 5.10 Å². The Morgan fingerprint density at radius 3 is 2.81 bits per heavy atom. The SMILES string of the molecule is CC(C)Oc1cc2[nH]c(=O)c([C@H](C)Nc3ncc(-n4nncc4C4CC4)s3)cc2cc1Cl. The number of nitrogens with one attached hydrogen (secondary N) is 2. The second kappa shape index (κ2) is 8.22. The van der Waals surface area contributed by atoms with Crippen LogP contribution in [0.3, 0.4) is 0 Å². The number of benzene rings is 1. The number of H-pyrrole nitrogens is 1. The normalized spacial score (nSPS) is 14.8. The van der Waals surface area contributed by atoms with Crippen LogP contribution in [0.25, 0.3) is 15.9 Å². The molecule has 4 aromatic rings. The highest BCUT2D eigenvalue weighted by molar-refractivity contribution is 7.17. The summed E-state index contributed by atoms with van der Waals surface area (Å²) in [6.45, 7) is 5.79. The van der Waals surface area contributed by atoms with E-state index in [0.29, 0.717) is 32.9 Å². The molecule has 3 aromatic heterocycles. The molecule has 0 spiro atoms. The van der Waals surface area contributed by atoms with Crippen LogP contribution in [0.4, 0.5) is 5.13 Å². The molecule has 2 N–H and O–H groups in total. The van der Waals surface area contributed by atoms with Crippen molar-refractivity contribution in [1.29, 1.82) is 0 Å². The summed E-state index contributed by atoms with van der Waals surface area (Å²) in [6.07, 6.45) is 5.94. The number of rotatable bonds is 7. The molecule has 1 saturated carbocycles. The van der Waals surface area contributed by atoms with Gasteiger partial charge in [0.15, 0.2) is 5.13 Å². The Hall–Kier alpha value is -2.91. The first-order chi connectivity index (χ1) is 15.4. The molecule has 0 unspecified atom stereocenters. The van der Waals surface area contributed by atoms with Gasteiger partial charge in [-0.05, 0) is 45.7 Å². The van der Waals surface area contributed by atoms with Crippen molar-refractivity contribution >= 4 is 39.0 Å². The third-order valence-corrected chi connectivity index (χ3v) is 6.57.